The SMILES string of the molecule is CCCNC(CC)c1ccc(-c2cc(C)ccc2Cl)s1. The fraction of sp³-hybridized carbons (Fsp3) is 0.412. The van der Waals surface area contributed by atoms with Crippen molar-refractivity contribution in [3.8, 4) is 10.4 Å². The smallest absolute Gasteiger partial charge is 0.0492 e. The van der Waals surface area contributed by atoms with Crippen LogP contribution in [-0.2, 0) is 0 Å². The minimum Gasteiger partial charge on any atom is -0.309 e. The first-order valence-corrected chi connectivity index (χ1v) is 8.44. The van der Waals surface area contributed by atoms with E-state index in [2.05, 4.69) is 50.4 Å². The normalized spacial score (nSPS) is 12.6. The molecule has 108 valence electrons. The molecule has 2 aromatic rings. The fourth-order valence-electron chi connectivity index (χ4n) is 2.28. The summed E-state index contributed by atoms with van der Waals surface area (Å²) in [6.45, 7) is 7.60. The summed E-state index contributed by atoms with van der Waals surface area (Å²) in [6.07, 6.45) is 2.28. The van der Waals surface area contributed by atoms with Crippen molar-refractivity contribution in [2.45, 2.75) is 39.7 Å². The monoisotopic (exact) mass is 307 g/mol. The molecule has 1 aromatic heterocycles. The Morgan fingerprint density at radius 1 is 1.20 bits per heavy atom. The number of hydrogen-bond acceptors (Lipinski definition) is 2. The first kappa shape index (κ1) is 15.6. The standard InChI is InChI=1S/C17H22ClNS/c1-4-10-19-15(5-2)17-9-8-16(20-17)13-11-12(3)6-7-14(13)18/h6-9,11,15,19H,4-5,10H2,1-3H3. The first-order chi connectivity index (χ1) is 9.65. The molecule has 0 bridgehead atoms. The molecule has 0 aliphatic heterocycles. The van der Waals surface area contributed by atoms with Crippen LogP contribution in [0.1, 0.15) is 43.2 Å². The van der Waals surface area contributed by atoms with Crippen LogP contribution in [0.15, 0.2) is 30.3 Å². The van der Waals surface area contributed by atoms with E-state index in [1.165, 1.54) is 21.7 Å². The summed E-state index contributed by atoms with van der Waals surface area (Å²) in [7, 11) is 0. The molecule has 1 atom stereocenters. The number of halogens is 1. The quantitative estimate of drug-likeness (QED) is 0.708. The van der Waals surface area contributed by atoms with Gasteiger partial charge in [0.05, 0.1) is 0 Å². The molecule has 0 saturated heterocycles. The van der Waals surface area contributed by atoms with E-state index in [0.29, 0.717) is 6.04 Å². The Balaban J connectivity index is 2.25. The second-order valence-corrected chi connectivity index (χ2v) is 6.62. The molecule has 1 N–H and O–H groups in total. The number of rotatable bonds is 6. The topological polar surface area (TPSA) is 12.0 Å². The molecule has 1 heterocycles. The second-order valence-electron chi connectivity index (χ2n) is 5.10. The van der Waals surface area contributed by atoms with Gasteiger partial charge in [-0.1, -0.05) is 37.1 Å². The molecule has 0 amide bonds. The van der Waals surface area contributed by atoms with Crippen LogP contribution in [0.2, 0.25) is 5.02 Å². The highest BCUT2D eigenvalue weighted by atomic mass is 35.5. The van der Waals surface area contributed by atoms with E-state index in [1.54, 1.807) is 0 Å². The van der Waals surface area contributed by atoms with Gasteiger partial charge in [0.2, 0.25) is 0 Å². The van der Waals surface area contributed by atoms with Gasteiger partial charge in [-0.15, -0.1) is 11.3 Å². The highest BCUT2D eigenvalue weighted by Gasteiger charge is 2.13. The summed E-state index contributed by atoms with van der Waals surface area (Å²) in [5.74, 6) is 0. The first-order valence-electron chi connectivity index (χ1n) is 7.25. The van der Waals surface area contributed by atoms with Gasteiger partial charge in [-0.25, -0.2) is 0 Å². The van der Waals surface area contributed by atoms with E-state index in [-0.39, 0.29) is 0 Å². The van der Waals surface area contributed by atoms with E-state index < -0.39 is 0 Å². The number of thiophene rings is 1. The van der Waals surface area contributed by atoms with Gasteiger partial charge in [0.25, 0.3) is 0 Å². The Hall–Kier alpha value is -0.830. The van der Waals surface area contributed by atoms with Crippen LogP contribution in [0, 0.1) is 6.92 Å². The van der Waals surface area contributed by atoms with Gasteiger partial charge in [-0.2, -0.15) is 0 Å². The fourth-order valence-corrected chi connectivity index (χ4v) is 3.75. The van der Waals surface area contributed by atoms with Crippen LogP contribution in [0.3, 0.4) is 0 Å². The van der Waals surface area contributed by atoms with Crippen molar-refractivity contribution in [2.75, 3.05) is 6.54 Å². The lowest BCUT2D eigenvalue weighted by Gasteiger charge is -2.14. The maximum Gasteiger partial charge on any atom is 0.0492 e. The number of hydrogen-bond donors (Lipinski definition) is 1. The summed E-state index contributed by atoms with van der Waals surface area (Å²) in [5.41, 5.74) is 2.39. The minimum absolute atomic E-state index is 0.456. The predicted molar refractivity (Wildman–Crippen MR) is 90.8 cm³/mol. The number of benzene rings is 1. The van der Waals surface area contributed by atoms with E-state index in [1.807, 2.05) is 17.4 Å². The van der Waals surface area contributed by atoms with E-state index in [9.17, 15) is 0 Å². The molecule has 1 nitrogen and oxygen atoms in total. The van der Waals surface area contributed by atoms with Crippen LogP contribution in [0.4, 0.5) is 0 Å². The Bertz CT molecular complexity index is 562. The highest BCUT2D eigenvalue weighted by Crippen LogP contribution is 2.36. The molecule has 0 spiro atoms. The van der Waals surface area contributed by atoms with Crippen molar-refractivity contribution in [2.24, 2.45) is 0 Å². The lowest BCUT2D eigenvalue weighted by atomic mass is 10.1. The van der Waals surface area contributed by atoms with Crippen LogP contribution < -0.4 is 5.32 Å². The third-order valence-electron chi connectivity index (χ3n) is 3.41. The maximum atomic E-state index is 6.33. The largest absolute Gasteiger partial charge is 0.309 e. The zero-order valence-electron chi connectivity index (χ0n) is 12.4. The van der Waals surface area contributed by atoms with Crippen molar-refractivity contribution in [1.29, 1.82) is 0 Å². The molecule has 1 unspecified atom stereocenters. The molecule has 0 fully saturated rings. The van der Waals surface area contributed by atoms with Crippen molar-refractivity contribution in [3.05, 3.63) is 45.8 Å². The van der Waals surface area contributed by atoms with Gasteiger partial charge in [-0.3, -0.25) is 0 Å². The Kier molecular flexibility index (Phi) is 5.64. The number of nitrogens with one attached hydrogen (secondary N) is 1. The average Bonchev–Trinajstić information content (AvgIpc) is 2.92. The molecule has 0 saturated carbocycles. The summed E-state index contributed by atoms with van der Waals surface area (Å²) >= 11 is 8.17. The van der Waals surface area contributed by atoms with Gasteiger partial charge in [0.1, 0.15) is 0 Å². The molecular formula is C17H22ClNS. The molecular weight excluding hydrogens is 286 g/mol. The van der Waals surface area contributed by atoms with Crippen LogP contribution in [0.25, 0.3) is 10.4 Å². The van der Waals surface area contributed by atoms with Gasteiger partial charge < -0.3 is 5.32 Å². The Labute approximate surface area is 131 Å². The highest BCUT2D eigenvalue weighted by molar-refractivity contribution is 7.15. The van der Waals surface area contributed by atoms with E-state index in [4.69, 9.17) is 11.6 Å². The van der Waals surface area contributed by atoms with Crippen molar-refractivity contribution in [3.63, 3.8) is 0 Å². The molecule has 2 rings (SSSR count). The van der Waals surface area contributed by atoms with Crippen molar-refractivity contribution >= 4 is 22.9 Å². The zero-order valence-corrected chi connectivity index (χ0v) is 13.9. The van der Waals surface area contributed by atoms with Crippen molar-refractivity contribution < 1.29 is 0 Å². The van der Waals surface area contributed by atoms with Crippen LogP contribution >= 0.6 is 22.9 Å². The molecule has 0 aliphatic rings. The Morgan fingerprint density at radius 3 is 2.70 bits per heavy atom. The van der Waals surface area contributed by atoms with E-state index in [0.717, 1.165) is 23.6 Å². The predicted octanol–water partition coefficient (Wildman–Crippen LogP) is 5.83. The van der Waals surface area contributed by atoms with E-state index >= 15 is 0 Å². The Morgan fingerprint density at radius 2 is 2.00 bits per heavy atom. The van der Waals surface area contributed by atoms with Gasteiger partial charge in [0, 0.05) is 26.4 Å². The third-order valence-corrected chi connectivity index (χ3v) is 4.97. The van der Waals surface area contributed by atoms with Gasteiger partial charge in [0.15, 0.2) is 0 Å². The summed E-state index contributed by atoms with van der Waals surface area (Å²) in [6, 6.07) is 11.1. The summed E-state index contributed by atoms with van der Waals surface area (Å²) in [4.78, 5) is 2.65. The average molecular weight is 308 g/mol. The van der Waals surface area contributed by atoms with Gasteiger partial charge in [-0.05, 0) is 50.6 Å². The van der Waals surface area contributed by atoms with Gasteiger partial charge >= 0.3 is 0 Å². The zero-order chi connectivity index (χ0) is 14.5. The van der Waals surface area contributed by atoms with Crippen LogP contribution in [-0.4, -0.2) is 6.54 Å². The molecule has 0 aliphatic carbocycles. The lowest BCUT2D eigenvalue weighted by Crippen LogP contribution is -2.20. The number of aryl methyl sites for hydroxylation is 1. The summed E-state index contributed by atoms with van der Waals surface area (Å²) in [5, 5.41) is 4.44. The lowest BCUT2D eigenvalue weighted by molar-refractivity contribution is 0.525. The third kappa shape index (κ3) is 3.63. The molecule has 20 heavy (non-hydrogen) atoms. The minimum atomic E-state index is 0.456. The molecule has 1 aromatic carbocycles. The second kappa shape index (κ2) is 7.26. The summed E-state index contributed by atoms with van der Waals surface area (Å²) < 4.78 is 0. The molecule has 0 radical (unpaired) electrons. The van der Waals surface area contributed by atoms with Crippen LogP contribution in [0.5, 0.6) is 0 Å². The molecule has 3 heteroatoms. The maximum absolute atomic E-state index is 6.33. The van der Waals surface area contributed by atoms with Crippen molar-refractivity contribution in [1.82, 2.24) is 5.32 Å².